The molecule has 308 valence electrons. The molecule has 0 bridgehead atoms. The summed E-state index contributed by atoms with van der Waals surface area (Å²) in [7, 11) is 0. The van der Waals surface area contributed by atoms with E-state index in [2.05, 4.69) is 90.5 Å². The van der Waals surface area contributed by atoms with Gasteiger partial charge in [-0.3, -0.25) is 4.90 Å². The maximum Gasteiger partial charge on any atom is 0.410 e. The summed E-state index contributed by atoms with van der Waals surface area (Å²) >= 11 is 1.83. The van der Waals surface area contributed by atoms with Crippen molar-refractivity contribution in [3.63, 3.8) is 0 Å². The second kappa shape index (κ2) is 25.1. The molecule has 3 heterocycles. The highest BCUT2D eigenvalue weighted by Crippen LogP contribution is 2.32. The highest BCUT2D eigenvalue weighted by Gasteiger charge is 2.23. The zero-order valence-corrected chi connectivity index (χ0v) is 36.0. The van der Waals surface area contributed by atoms with E-state index in [9.17, 15) is 4.79 Å². The molecule has 0 saturated carbocycles. The number of piperazine rings is 1. The normalized spacial score (nSPS) is 14.1. The van der Waals surface area contributed by atoms with Gasteiger partial charge < -0.3 is 19.3 Å². The number of ether oxygens (including phenoxy) is 2. The number of anilines is 1. The average Bonchev–Trinajstić information content (AvgIpc) is 3.72. The van der Waals surface area contributed by atoms with E-state index in [1.165, 1.54) is 73.6 Å². The van der Waals surface area contributed by atoms with Crippen LogP contribution in [-0.2, 0) is 4.74 Å². The average molecular weight is 785 g/mol. The molecule has 1 saturated heterocycles. The van der Waals surface area contributed by atoms with Gasteiger partial charge in [-0.25, -0.2) is 9.78 Å². The molecule has 2 aromatic heterocycles. The summed E-state index contributed by atoms with van der Waals surface area (Å²) in [6.45, 7) is 14.4. The highest BCUT2D eigenvalue weighted by molar-refractivity contribution is 7.17. The minimum absolute atomic E-state index is 0.178. The molecule has 1 unspecified atom stereocenters. The van der Waals surface area contributed by atoms with E-state index in [0.717, 1.165) is 126 Å². The van der Waals surface area contributed by atoms with Crippen molar-refractivity contribution >= 4 is 44.1 Å². The van der Waals surface area contributed by atoms with Gasteiger partial charge in [0.25, 0.3) is 0 Å². The Morgan fingerprint density at radius 1 is 0.750 bits per heavy atom. The second-order valence-corrected chi connectivity index (χ2v) is 16.9. The van der Waals surface area contributed by atoms with Gasteiger partial charge in [0, 0.05) is 66.5 Å². The number of amides is 1. The SMILES string of the molecule is CCCCCCCCCC(OC(=O)N(CCCCCC)CCCCCC)c1ccc2ccc(OCCCCN3CCN(c4cccc5sccc45)CC3)cc2n1. The third kappa shape index (κ3) is 14.2. The Morgan fingerprint density at radius 2 is 1.43 bits per heavy atom. The van der Waals surface area contributed by atoms with Crippen LogP contribution < -0.4 is 9.64 Å². The third-order valence-corrected chi connectivity index (χ3v) is 12.4. The number of hydrogen-bond acceptors (Lipinski definition) is 7. The summed E-state index contributed by atoms with van der Waals surface area (Å²) in [6.07, 6.45) is 20.1. The van der Waals surface area contributed by atoms with Gasteiger partial charge in [0.1, 0.15) is 11.9 Å². The fourth-order valence-corrected chi connectivity index (χ4v) is 8.79. The molecule has 0 spiro atoms. The van der Waals surface area contributed by atoms with E-state index >= 15 is 0 Å². The number of thiophene rings is 1. The van der Waals surface area contributed by atoms with Crippen molar-refractivity contribution in [3.05, 3.63) is 65.7 Å². The van der Waals surface area contributed by atoms with Crippen LogP contribution in [0, 0.1) is 0 Å². The van der Waals surface area contributed by atoms with Crippen molar-refractivity contribution in [2.45, 2.75) is 142 Å². The van der Waals surface area contributed by atoms with E-state index in [-0.39, 0.29) is 12.2 Å². The van der Waals surface area contributed by atoms with Crippen LogP contribution in [0.4, 0.5) is 10.5 Å². The summed E-state index contributed by atoms with van der Waals surface area (Å²) in [5.74, 6) is 0.851. The van der Waals surface area contributed by atoms with Crippen molar-refractivity contribution in [3.8, 4) is 5.75 Å². The van der Waals surface area contributed by atoms with Crippen LogP contribution in [0.25, 0.3) is 21.0 Å². The fourth-order valence-electron chi connectivity index (χ4n) is 7.98. The van der Waals surface area contributed by atoms with Gasteiger partial charge in [-0.05, 0) is 86.8 Å². The zero-order chi connectivity index (χ0) is 39.2. The number of aromatic nitrogens is 1. The van der Waals surface area contributed by atoms with Crippen LogP contribution in [-0.4, -0.2) is 73.3 Å². The third-order valence-electron chi connectivity index (χ3n) is 11.5. The van der Waals surface area contributed by atoms with Crippen molar-refractivity contribution in [1.29, 1.82) is 0 Å². The van der Waals surface area contributed by atoms with E-state index in [1.54, 1.807) is 0 Å². The van der Waals surface area contributed by atoms with Crippen LogP contribution in [0.5, 0.6) is 5.75 Å². The first kappa shape index (κ1) is 43.8. The predicted molar refractivity (Wildman–Crippen MR) is 239 cm³/mol. The monoisotopic (exact) mass is 785 g/mol. The quantitative estimate of drug-likeness (QED) is 0.0561. The van der Waals surface area contributed by atoms with Crippen LogP contribution >= 0.6 is 11.3 Å². The Hall–Kier alpha value is -3.36. The molecular formula is C48H72N4O3S. The predicted octanol–water partition coefficient (Wildman–Crippen LogP) is 13.2. The molecule has 2 aromatic carbocycles. The van der Waals surface area contributed by atoms with E-state index in [4.69, 9.17) is 14.5 Å². The molecule has 1 aliphatic heterocycles. The standard InChI is InChI=1S/C48H72N4O3S/c1-4-7-10-13-14-15-16-23-46(55-48(53)52(31-17-11-8-5-2)32-18-12-9-6-3)43-28-26-40-25-27-41(39-44(40)49-43)54-37-20-19-30-50-33-35-51(36-34-50)45-22-21-24-47-42(45)29-38-56-47/h21-22,24-29,38-39,46H,4-20,23,30-37H2,1-3H3. The van der Waals surface area contributed by atoms with Crippen molar-refractivity contribution < 1.29 is 14.3 Å². The Bertz CT molecular complexity index is 1670. The van der Waals surface area contributed by atoms with Gasteiger partial charge >= 0.3 is 6.09 Å². The van der Waals surface area contributed by atoms with Crippen LogP contribution in [0.2, 0.25) is 0 Å². The fraction of sp³-hybridized carbons (Fsp3) is 0.625. The number of fused-ring (bicyclic) bond motifs is 2. The van der Waals surface area contributed by atoms with E-state index < -0.39 is 0 Å². The maximum absolute atomic E-state index is 13.8. The van der Waals surface area contributed by atoms with Crippen molar-refractivity contribution in [2.24, 2.45) is 0 Å². The molecule has 8 heteroatoms. The Morgan fingerprint density at radius 3 is 2.16 bits per heavy atom. The lowest BCUT2D eigenvalue weighted by Gasteiger charge is -2.36. The number of hydrogen-bond donors (Lipinski definition) is 0. The minimum Gasteiger partial charge on any atom is -0.494 e. The first-order valence-corrected chi connectivity index (χ1v) is 23.4. The van der Waals surface area contributed by atoms with Gasteiger partial charge in [0.2, 0.25) is 0 Å². The highest BCUT2D eigenvalue weighted by atomic mass is 32.1. The van der Waals surface area contributed by atoms with Gasteiger partial charge in [-0.2, -0.15) is 0 Å². The lowest BCUT2D eigenvalue weighted by Crippen LogP contribution is -2.46. The van der Waals surface area contributed by atoms with E-state index in [0.29, 0.717) is 6.61 Å². The van der Waals surface area contributed by atoms with Crippen LogP contribution in [0.1, 0.15) is 148 Å². The molecule has 0 N–H and O–H groups in total. The first-order valence-electron chi connectivity index (χ1n) is 22.5. The Balaban J connectivity index is 1.13. The van der Waals surface area contributed by atoms with Gasteiger partial charge in [-0.15, -0.1) is 11.3 Å². The molecular weight excluding hydrogens is 713 g/mol. The molecule has 0 radical (unpaired) electrons. The van der Waals surface area contributed by atoms with Gasteiger partial charge in [0.05, 0.1) is 17.8 Å². The zero-order valence-electron chi connectivity index (χ0n) is 35.2. The number of rotatable bonds is 27. The molecule has 4 aromatic rings. The van der Waals surface area contributed by atoms with Gasteiger partial charge in [-0.1, -0.05) is 110 Å². The number of pyridine rings is 1. The molecule has 0 aliphatic carbocycles. The Labute approximate surface area is 343 Å². The summed E-state index contributed by atoms with van der Waals surface area (Å²) in [6, 6.07) is 19.4. The minimum atomic E-state index is -0.355. The number of carbonyl (C=O) groups is 1. The number of nitrogens with zero attached hydrogens (tertiary/aromatic N) is 4. The van der Waals surface area contributed by atoms with Crippen LogP contribution in [0.3, 0.4) is 0 Å². The maximum atomic E-state index is 13.8. The van der Waals surface area contributed by atoms with Gasteiger partial charge in [0.15, 0.2) is 0 Å². The second-order valence-electron chi connectivity index (χ2n) is 16.0. The molecule has 56 heavy (non-hydrogen) atoms. The number of benzene rings is 2. The van der Waals surface area contributed by atoms with Crippen LogP contribution in [0.15, 0.2) is 60.0 Å². The lowest BCUT2D eigenvalue weighted by atomic mass is 10.0. The van der Waals surface area contributed by atoms with Crippen molar-refractivity contribution in [2.75, 3.05) is 57.3 Å². The molecule has 5 rings (SSSR count). The molecule has 1 fully saturated rings. The molecule has 7 nitrogen and oxygen atoms in total. The van der Waals surface area contributed by atoms with E-state index in [1.807, 2.05) is 16.2 Å². The smallest absolute Gasteiger partial charge is 0.410 e. The summed E-state index contributed by atoms with van der Waals surface area (Å²) in [4.78, 5) is 26.1. The topological polar surface area (TPSA) is 58.1 Å². The largest absolute Gasteiger partial charge is 0.494 e. The summed E-state index contributed by atoms with van der Waals surface area (Å²) in [5, 5.41) is 4.66. The summed E-state index contributed by atoms with van der Waals surface area (Å²) in [5.41, 5.74) is 3.12. The Kier molecular flexibility index (Phi) is 19.6. The molecule has 1 amide bonds. The number of unbranched alkanes of at least 4 members (excludes halogenated alkanes) is 13. The lowest BCUT2D eigenvalue weighted by molar-refractivity contribution is 0.0543. The molecule has 1 atom stereocenters. The first-order chi connectivity index (χ1) is 27.6. The summed E-state index contributed by atoms with van der Waals surface area (Å²) < 4.78 is 14.1. The van der Waals surface area contributed by atoms with Crippen molar-refractivity contribution in [1.82, 2.24) is 14.8 Å². The molecule has 1 aliphatic rings. The number of carbonyl (C=O) groups excluding carboxylic acids is 1.